The predicted molar refractivity (Wildman–Crippen MR) is 158 cm³/mol. The first-order chi connectivity index (χ1) is 20.0. The Labute approximate surface area is 238 Å². The van der Waals surface area contributed by atoms with Crippen LogP contribution in [0.3, 0.4) is 0 Å². The monoisotopic (exact) mass is 553 g/mol. The van der Waals surface area contributed by atoms with E-state index in [9.17, 15) is 14.0 Å². The third-order valence-corrected chi connectivity index (χ3v) is 7.74. The number of carbonyl (C=O) groups excluding carboxylic acids is 2. The minimum Gasteiger partial charge on any atom is -0.481 e. The number of aldehydes is 1. The second-order valence-corrected chi connectivity index (χ2v) is 10.1. The molecule has 8 nitrogen and oxygen atoms in total. The molecule has 1 unspecified atom stereocenters. The van der Waals surface area contributed by atoms with Gasteiger partial charge in [0.15, 0.2) is 0 Å². The average molecular weight is 554 g/mol. The maximum Gasteiger partial charge on any atom is 0.237 e. The van der Waals surface area contributed by atoms with Gasteiger partial charge in [0, 0.05) is 48.4 Å². The Morgan fingerprint density at radius 1 is 1.02 bits per heavy atom. The first-order valence-electron chi connectivity index (χ1n) is 13.3. The first-order valence-corrected chi connectivity index (χ1v) is 13.3. The van der Waals surface area contributed by atoms with Crippen molar-refractivity contribution in [2.45, 2.75) is 24.7 Å². The van der Waals surface area contributed by atoms with Gasteiger partial charge >= 0.3 is 0 Å². The minimum absolute atomic E-state index is 0.00185. The highest BCUT2D eigenvalue weighted by molar-refractivity contribution is 6.06. The SMILES string of the molecule is CF.CN1CCc2ccccc21.COc1cc(C=O)cc(Nc2ccc3c(c2)CC2(C3)C(=O)Nc3ncccc32)n1. The number of hydrogen-bond acceptors (Lipinski definition) is 7. The number of ether oxygens (including phenoxy) is 1. The lowest BCUT2D eigenvalue weighted by Gasteiger charge is -2.20. The number of carbonyl (C=O) groups is 2. The van der Waals surface area contributed by atoms with E-state index in [2.05, 4.69) is 56.8 Å². The number of fused-ring (bicyclic) bond motifs is 4. The molecule has 2 aliphatic heterocycles. The summed E-state index contributed by atoms with van der Waals surface area (Å²) in [5.41, 5.74) is 6.83. The van der Waals surface area contributed by atoms with Gasteiger partial charge in [0.1, 0.15) is 17.9 Å². The van der Waals surface area contributed by atoms with E-state index in [-0.39, 0.29) is 5.91 Å². The van der Waals surface area contributed by atoms with Gasteiger partial charge in [0.25, 0.3) is 0 Å². The highest BCUT2D eigenvalue weighted by atomic mass is 19.1. The molecule has 0 fully saturated rings. The van der Waals surface area contributed by atoms with E-state index in [1.807, 2.05) is 30.3 Å². The summed E-state index contributed by atoms with van der Waals surface area (Å²) in [7, 11) is 4.15. The molecule has 3 aliphatic rings. The molecular weight excluding hydrogens is 521 g/mol. The molecule has 0 saturated heterocycles. The number of nitrogens with zero attached hydrogens (tertiary/aromatic N) is 3. The zero-order valence-electron chi connectivity index (χ0n) is 23.3. The van der Waals surface area contributed by atoms with Crippen LogP contribution in [-0.2, 0) is 29.5 Å². The molecule has 1 spiro atoms. The van der Waals surface area contributed by atoms with Crippen LogP contribution in [0.1, 0.15) is 32.6 Å². The van der Waals surface area contributed by atoms with Crippen molar-refractivity contribution >= 4 is 35.2 Å². The molecule has 1 aliphatic carbocycles. The summed E-state index contributed by atoms with van der Waals surface area (Å²) >= 11 is 0. The number of likely N-dealkylation sites (N-methyl/N-ethyl adjacent to an activating group) is 1. The molecule has 0 radical (unpaired) electrons. The molecule has 41 heavy (non-hydrogen) atoms. The lowest BCUT2D eigenvalue weighted by molar-refractivity contribution is -0.120. The maximum absolute atomic E-state index is 12.8. The Balaban J connectivity index is 0.000000235. The van der Waals surface area contributed by atoms with E-state index in [1.165, 1.54) is 31.3 Å². The summed E-state index contributed by atoms with van der Waals surface area (Å²) in [5, 5.41) is 6.15. The molecule has 2 aromatic carbocycles. The summed E-state index contributed by atoms with van der Waals surface area (Å²) in [5.74, 6) is 1.55. The van der Waals surface area contributed by atoms with Crippen LogP contribution in [0, 0.1) is 0 Å². The standard InChI is InChI=1S/C22H18N4O3.C9H11N.CH3F/c1-29-19-8-13(12-27)7-18(25-19)24-16-5-4-14-10-22(11-15(14)9-16)17-3-2-6-23-20(17)26-21(22)28;1-10-7-6-8-4-2-3-5-9(8)10;1-2/h2-9,12H,10-11H2,1H3,(H,24,25)(H,23,26,28);2-5H,6-7H2,1H3;1H3. The van der Waals surface area contributed by atoms with Gasteiger partial charge in [-0.1, -0.05) is 30.3 Å². The number of alkyl halides is 1. The first kappa shape index (κ1) is 27.8. The summed E-state index contributed by atoms with van der Waals surface area (Å²) < 4.78 is 14.7. The number of nitrogens with one attached hydrogen (secondary N) is 2. The molecule has 0 saturated carbocycles. The van der Waals surface area contributed by atoms with Gasteiger partial charge in [-0.2, -0.15) is 4.98 Å². The Hall–Kier alpha value is -4.79. The summed E-state index contributed by atoms with van der Waals surface area (Å²) in [4.78, 5) is 34.9. The number of benzene rings is 2. The van der Waals surface area contributed by atoms with Gasteiger partial charge in [0.05, 0.1) is 19.7 Å². The fourth-order valence-electron chi connectivity index (χ4n) is 5.76. The van der Waals surface area contributed by atoms with Crippen molar-refractivity contribution in [2.24, 2.45) is 0 Å². The van der Waals surface area contributed by atoms with Crippen molar-refractivity contribution in [1.82, 2.24) is 9.97 Å². The number of amides is 1. The summed E-state index contributed by atoms with van der Waals surface area (Å²) in [6, 6.07) is 21.7. The molecule has 2 N–H and O–H groups in total. The van der Waals surface area contributed by atoms with E-state index >= 15 is 0 Å². The number of para-hydroxylation sites is 1. The van der Waals surface area contributed by atoms with Crippen LogP contribution in [0.15, 0.2) is 72.9 Å². The molecular formula is C32H32FN5O3. The second kappa shape index (κ2) is 11.8. The molecule has 0 bridgehead atoms. The molecule has 4 heterocycles. The summed E-state index contributed by atoms with van der Waals surface area (Å²) in [6.07, 6.45) is 4.93. The number of hydrogen-bond donors (Lipinski definition) is 2. The highest BCUT2D eigenvalue weighted by Gasteiger charge is 2.51. The minimum atomic E-state index is -0.594. The van der Waals surface area contributed by atoms with Crippen molar-refractivity contribution in [2.75, 3.05) is 43.4 Å². The molecule has 1 amide bonds. The number of pyridine rings is 2. The molecule has 1 atom stereocenters. The smallest absolute Gasteiger partial charge is 0.237 e. The van der Waals surface area contributed by atoms with Crippen molar-refractivity contribution in [3.05, 3.63) is 101 Å². The summed E-state index contributed by atoms with van der Waals surface area (Å²) in [6.45, 7) is 1.18. The van der Waals surface area contributed by atoms with Gasteiger partial charge in [-0.15, -0.1) is 0 Å². The van der Waals surface area contributed by atoms with Crippen LogP contribution < -0.4 is 20.3 Å². The van der Waals surface area contributed by atoms with Crippen molar-refractivity contribution < 1.29 is 18.7 Å². The Morgan fingerprint density at radius 2 is 1.83 bits per heavy atom. The predicted octanol–water partition coefficient (Wildman–Crippen LogP) is 5.29. The van der Waals surface area contributed by atoms with Crippen LogP contribution in [0.5, 0.6) is 5.88 Å². The van der Waals surface area contributed by atoms with Gasteiger partial charge in [-0.05, 0) is 66.3 Å². The third kappa shape index (κ3) is 5.35. The molecule has 210 valence electrons. The van der Waals surface area contributed by atoms with Gasteiger partial charge in [0.2, 0.25) is 11.8 Å². The lowest BCUT2D eigenvalue weighted by Crippen LogP contribution is -2.35. The zero-order chi connectivity index (χ0) is 29.0. The van der Waals surface area contributed by atoms with Crippen LogP contribution >= 0.6 is 0 Å². The van der Waals surface area contributed by atoms with Crippen LogP contribution in [0.4, 0.5) is 27.4 Å². The topological polar surface area (TPSA) is 96.5 Å². The Morgan fingerprint density at radius 3 is 2.61 bits per heavy atom. The van der Waals surface area contributed by atoms with Crippen LogP contribution in [-0.4, -0.2) is 50.0 Å². The van der Waals surface area contributed by atoms with E-state index in [1.54, 1.807) is 18.3 Å². The van der Waals surface area contributed by atoms with Crippen molar-refractivity contribution in [3.63, 3.8) is 0 Å². The van der Waals surface area contributed by atoms with E-state index in [4.69, 9.17) is 4.74 Å². The Kier molecular flexibility index (Phi) is 7.96. The van der Waals surface area contributed by atoms with E-state index in [0.717, 1.165) is 28.7 Å². The number of anilines is 4. The molecule has 7 rings (SSSR count). The lowest BCUT2D eigenvalue weighted by atomic mass is 9.79. The number of halogens is 1. The van der Waals surface area contributed by atoms with Gasteiger partial charge < -0.3 is 20.3 Å². The third-order valence-electron chi connectivity index (χ3n) is 7.74. The van der Waals surface area contributed by atoms with E-state index in [0.29, 0.717) is 43.1 Å². The van der Waals surface area contributed by atoms with Crippen LogP contribution in [0.2, 0.25) is 0 Å². The second-order valence-electron chi connectivity index (χ2n) is 10.1. The van der Waals surface area contributed by atoms with Crippen molar-refractivity contribution in [1.29, 1.82) is 0 Å². The van der Waals surface area contributed by atoms with Gasteiger partial charge in [-0.3, -0.25) is 14.0 Å². The zero-order valence-corrected chi connectivity index (χ0v) is 23.3. The fourth-order valence-corrected chi connectivity index (χ4v) is 5.76. The number of methoxy groups -OCH3 is 1. The average Bonchev–Trinajstić information content (AvgIpc) is 3.67. The molecule has 9 heteroatoms. The number of rotatable bonds is 4. The number of aromatic nitrogens is 2. The fraction of sp³-hybridized carbons (Fsp3) is 0.250. The van der Waals surface area contributed by atoms with Gasteiger partial charge in [-0.25, -0.2) is 4.98 Å². The van der Waals surface area contributed by atoms with E-state index < -0.39 is 5.41 Å². The van der Waals surface area contributed by atoms with Crippen molar-refractivity contribution in [3.8, 4) is 5.88 Å². The molecule has 4 aromatic rings. The quantitative estimate of drug-likeness (QED) is 0.331. The normalized spacial score (nSPS) is 17.3. The molecule has 2 aromatic heterocycles. The largest absolute Gasteiger partial charge is 0.481 e. The maximum atomic E-state index is 12.8. The highest BCUT2D eigenvalue weighted by Crippen LogP contribution is 2.47. The Bertz CT molecular complexity index is 1590. The van der Waals surface area contributed by atoms with Crippen LogP contribution in [0.25, 0.3) is 0 Å².